The number of halogens is 3. The average molecular weight is 312 g/mol. The zero-order chi connectivity index (χ0) is 15.0. The van der Waals surface area contributed by atoms with Gasteiger partial charge in [0.05, 0.1) is 7.11 Å². The third-order valence-electron chi connectivity index (χ3n) is 3.27. The molecule has 2 aliphatic rings. The maximum absolute atomic E-state index is 12.6. The molecule has 0 aromatic rings. The van der Waals surface area contributed by atoms with Crippen LogP contribution in [0.15, 0.2) is 23.1 Å². The lowest BCUT2D eigenvalue weighted by Gasteiger charge is -2.24. The number of nitrogens with zero attached hydrogens (tertiary/aromatic N) is 1. The number of allylic oxidation sites excluding steroid dienone is 2. The van der Waals surface area contributed by atoms with Crippen molar-refractivity contribution in [3.8, 4) is 0 Å². The summed E-state index contributed by atoms with van der Waals surface area (Å²) < 4.78 is 66.6. The second-order valence-electron chi connectivity index (χ2n) is 4.47. The van der Waals surface area contributed by atoms with Crippen LogP contribution in [0.5, 0.6) is 0 Å². The number of fused-ring (bicyclic) bond motifs is 1. The van der Waals surface area contributed by atoms with Crippen molar-refractivity contribution in [3.63, 3.8) is 0 Å². The lowest BCUT2D eigenvalue weighted by atomic mass is 10.0. The first-order valence-electron chi connectivity index (χ1n) is 6.04. The number of hydrogen-bond acceptors (Lipinski definition) is 4. The summed E-state index contributed by atoms with van der Waals surface area (Å²) in [5, 5.41) is 2.95. The highest BCUT2D eigenvalue weighted by atomic mass is 32.2. The third-order valence-corrected chi connectivity index (χ3v) is 4.85. The summed E-state index contributed by atoms with van der Waals surface area (Å²) in [5.41, 5.74) is -4.15. The fraction of sp³-hybridized carbons (Fsp3) is 0.636. The van der Waals surface area contributed by atoms with E-state index in [0.29, 0.717) is 34.2 Å². The molecule has 0 atom stereocenters. The molecule has 0 aromatic heterocycles. The van der Waals surface area contributed by atoms with Crippen molar-refractivity contribution in [2.75, 3.05) is 26.7 Å². The van der Waals surface area contributed by atoms with Gasteiger partial charge in [-0.15, -0.1) is 0 Å². The van der Waals surface area contributed by atoms with Gasteiger partial charge < -0.3 is 10.1 Å². The Morgan fingerprint density at radius 3 is 2.70 bits per heavy atom. The van der Waals surface area contributed by atoms with Crippen molar-refractivity contribution < 1.29 is 26.3 Å². The maximum Gasteiger partial charge on any atom is 0.511 e. The van der Waals surface area contributed by atoms with Crippen molar-refractivity contribution in [1.29, 1.82) is 0 Å². The lowest BCUT2D eigenvalue weighted by molar-refractivity contribution is -0.0485. The Labute approximate surface area is 115 Å². The molecule has 5 nitrogen and oxygen atoms in total. The number of rotatable bonds is 2. The normalized spacial score (nSPS) is 21.7. The summed E-state index contributed by atoms with van der Waals surface area (Å²) in [5.74, 6) is 0.527. The molecular formula is C11H15F3N2O3S. The van der Waals surface area contributed by atoms with Crippen molar-refractivity contribution in [3.05, 3.63) is 23.1 Å². The molecule has 0 radical (unpaired) electrons. The van der Waals surface area contributed by atoms with E-state index in [-0.39, 0.29) is 19.6 Å². The Balaban J connectivity index is 2.37. The number of alkyl halides is 3. The van der Waals surface area contributed by atoms with Crippen LogP contribution in [-0.4, -0.2) is 45.0 Å². The number of hydrogen-bond donors (Lipinski definition) is 1. The van der Waals surface area contributed by atoms with Crippen LogP contribution < -0.4 is 5.32 Å². The summed E-state index contributed by atoms with van der Waals surface area (Å²) in [6, 6.07) is 0. The summed E-state index contributed by atoms with van der Waals surface area (Å²) in [4.78, 5) is 0. The molecule has 1 fully saturated rings. The van der Waals surface area contributed by atoms with E-state index in [2.05, 4.69) is 5.32 Å². The molecule has 1 saturated heterocycles. The van der Waals surface area contributed by atoms with Gasteiger partial charge in [-0.2, -0.15) is 17.5 Å². The summed E-state index contributed by atoms with van der Waals surface area (Å²) >= 11 is 0. The zero-order valence-electron chi connectivity index (χ0n) is 10.8. The number of nitrogens with one attached hydrogen (secondary N) is 1. The van der Waals surface area contributed by atoms with Gasteiger partial charge >= 0.3 is 15.5 Å². The van der Waals surface area contributed by atoms with E-state index in [4.69, 9.17) is 4.74 Å². The first kappa shape index (κ1) is 15.2. The van der Waals surface area contributed by atoms with Crippen LogP contribution in [0.4, 0.5) is 13.2 Å². The minimum atomic E-state index is -5.33. The van der Waals surface area contributed by atoms with E-state index in [9.17, 15) is 21.6 Å². The van der Waals surface area contributed by atoms with Crippen LogP contribution in [0.1, 0.15) is 12.8 Å². The fourth-order valence-corrected chi connectivity index (χ4v) is 3.20. The SMILES string of the molecule is COC1=C2CN(S(=O)(=O)C(F)(F)F)CCNC2=CCC1. The summed E-state index contributed by atoms with van der Waals surface area (Å²) in [7, 11) is -3.90. The second-order valence-corrected chi connectivity index (χ2v) is 6.40. The molecule has 0 amide bonds. The monoisotopic (exact) mass is 312 g/mol. The molecule has 114 valence electrons. The van der Waals surface area contributed by atoms with Crippen LogP contribution in [0, 0.1) is 0 Å². The van der Waals surface area contributed by atoms with E-state index < -0.39 is 15.5 Å². The number of ether oxygens (including phenoxy) is 1. The highest BCUT2D eigenvalue weighted by molar-refractivity contribution is 7.90. The Morgan fingerprint density at radius 2 is 2.10 bits per heavy atom. The van der Waals surface area contributed by atoms with E-state index in [0.717, 1.165) is 0 Å². The molecule has 1 aliphatic heterocycles. The molecule has 1 N–H and O–H groups in total. The van der Waals surface area contributed by atoms with Gasteiger partial charge in [0.1, 0.15) is 5.76 Å². The Bertz CT molecular complexity index is 552. The van der Waals surface area contributed by atoms with Gasteiger partial charge in [-0.25, -0.2) is 8.42 Å². The van der Waals surface area contributed by atoms with Gasteiger partial charge in [-0.1, -0.05) is 6.08 Å². The molecular weight excluding hydrogens is 297 g/mol. The summed E-state index contributed by atoms with van der Waals surface area (Å²) in [6.07, 6.45) is 3.11. The largest absolute Gasteiger partial charge is 0.511 e. The summed E-state index contributed by atoms with van der Waals surface area (Å²) in [6.45, 7) is -0.439. The zero-order valence-corrected chi connectivity index (χ0v) is 11.6. The van der Waals surface area contributed by atoms with E-state index in [1.165, 1.54) is 7.11 Å². The Morgan fingerprint density at radius 1 is 1.40 bits per heavy atom. The second kappa shape index (κ2) is 5.28. The molecule has 1 aliphatic carbocycles. The minimum absolute atomic E-state index is 0.127. The van der Waals surface area contributed by atoms with Crippen LogP contribution in [-0.2, 0) is 14.8 Å². The first-order valence-corrected chi connectivity index (χ1v) is 7.48. The highest BCUT2D eigenvalue weighted by Crippen LogP contribution is 2.31. The van der Waals surface area contributed by atoms with Gasteiger partial charge in [0.25, 0.3) is 0 Å². The Kier molecular flexibility index (Phi) is 4.01. The lowest BCUT2D eigenvalue weighted by Crippen LogP contribution is -2.42. The molecule has 0 bridgehead atoms. The Hall–Kier alpha value is -1.22. The van der Waals surface area contributed by atoms with Crippen LogP contribution in [0.25, 0.3) is 0 Å². The van der Waals surface area contributed by atoms with Crippen LogP contribution in [0.3, 0.4) is 0 Å². The smallest absolute Gasteiger partial charge is 0.501 e. The minimum Gasteiger partial charge on any atom is -0.501 e. The molecule has 0 aromatic carbocycles. The third kappa shape index (κ3) is 2.64. The standard InChI is InChI=1S/C11H15F3N2O3S/c1-19-10-4-2-3-9-8(10)7-16(6-5-15-9)20(17,18)11(12,13)14/h3,15H,2,4-7H2,1H3. The van der Waals surface area contributed by atoms with Gasteiger partial charge in [-0.05, 0) is 6.42 Å². The molecule has 0 unspecified atom stereocenters. The predicted octanol–water partition coefficient (Wildman–Crippen LogP) is 1.32. The topological polar surface area (TPSA) is 58.6 Å². The van der Waals surface area contributed by atoms with Gasteiger partial charge in [-0.3, -0.25) is 0 Å². The highest BCUT2D eigenvalue weighted by Gasteiger charge is 2.50. The van der Waals surface area contributed by atoms with Crippen LogP contribution >= 0.6 is 0 Å². The molecule has 0 spiro atoms. The fourth-order valence-electron chi connectivity index (χ4n) is 2.27. The number of sulfonamides is 1. The van der Waals surface area contributed by atoms with Gasteiger partial charge in [0.2, 0.25) is 0 Å². The molecule has 0 saturated carbocycles. The van der Waals surface area contributed by atoms with Crippen molar-refractivity contribution >= 4 is 10.0 Å². The van der Waals surface area contributed by atoms with Crippen molar-refractivity contribution in [1.82, 2.24) is 9.62 Å². The first-order chi connectivity index (χ1) is 9.27. The molecule has 1 heterocycles. The van der Waals surface area contributed by atoms with Crippen LogP contribution in [0.2, 0.25) is 0 Å². The maximum atomic E-state index is 12.6. The van der Waals surface area contributed by atoms with Crippen molar-refractivity contribution in [2.24, 2.45) is 0 Å². The van der Waals surface area contributed by atoms with E-state index in [1.807, 2.05) is 6.08 Å². The van der Waals surface area contributed by atoms with E-state index in [1.54, 1.807) is 0 Å². The molecule has 9 heteroatoms. The predicted molar refractivity (Wildman–Crippen MR) is 65.9 cm³/mol. The van der Waals surface area contributed by atoms with E-state index >= 15 is 0 Å². The van der Waals surface area contributed by atoms with Gasteiger partial charge in [0, 0.05) is 37.3 Å². The van der Waals surface area contributed by atoms with Crippen molar-refractivity contribution in [2.45, 2.75) is 18.3 Å². The molecule has 20 heavy (non-hydrogen) atoms. The number of methoxy groups -OCH3 is 1. The average Bonchev–Trinajstić information content (AvgIpc) is 2.59. The quantitative estimate of drug-likeness (QED) is 0.835. The molecule has 2 rings (SSSR count). The van der Waals surface area contributed by atoms with Gasteiger partial charge in [0.15, 0.2) is 0 Å².